The van der Waals surface area contributed by atoms with Gasteiger partial charge in [-0.1, -0.05) is 17.7 Å². The highest BCUT2D eigenvalue weighted by Crippen LogP contribution is 2.27. The van der Waals surface area contributed by atoms with E-state index in [1.165, 1.54) is 11.1 Å². The molecule has 0 saturated carbocycles. The van der Waals surface area contributed by atoms with Gasteiger partial charge in [-0.05, 0) is 49.4 Å². The molecule has 1 aliphatic rings. The second-order valence-corrected chi connectivity index (χ2v) is 4.70. The zero-order valence-corrected chi connectivity index (χ0v) is 11.6. The molecule has 3 nitrogen and oxygen atoms in total. The van der Waals surface area contributed by atoms with Gasteiger partial charge in [0.25, 0.3) is 0 Å². The van der Waals surface area contributed by atoms with E-state index in [4.69, 9.17) is 9.47 Å². The van der Waals surface area contributed by atoms with Gasteiger partial charge in [0, 0.05) is 0 Å². The Morgan fingerprint density at radius 3 is 2.89 bits per heavy atom. The number of rotatable bonds is 4. The first-order valence-electron chi connectivity index (χ1n) is 6.75. The van der Waals surface area contributed by atoms with Crippen LogP contribution in [0.25, 0.3) is 6.08 Å². The molecule has 1 aliphatic carbocycles. The maximum Gasteiger partial charge on any atom is 0.309 e. The van der Waals surface area contributed by atoms with Crippen LogP contribution in [0.2, 0.25) is 0 Å². The van der Waals surface area contributed by atoms with Crippen LogP contribution in [-0.2, 0) is 16.0 Å². The number of hydrogen-bond donors (Lipinski definition) is 0. The predicted molar refractivity (Wildman–Crippen MR) is 75.2 cm³/mol. The van der Waals surface area contributed by atoms with Gasteiger partial charge in [-0.2, -0.15) is 0 Å². The van der Waals surface area contributed by atoms with Crippen LogP contribution in [0.15, 0.2) is 23.8 Å². The third-order valence-corrected chi connectivity index (χ3v) is 3.33. The van der Waals surface area contributed by atoms with Crippen LogP contribution in [-0.4, -0.2) is 19.7 Å². The Hall–Kier alpha value is -1.77. The molecule has 0 unspecified atom stereocenters. The first-order valence-corrected chi connectivity index (χ1v) is 6.75. The van der Waals surface area contributed by atoms with Crippen molar-refractivity contribution in [3.8, 4) is 5.75 Å². The van der Waals surface area contributed by atoms with Gasteiger partial charge < -0.3 is 9.47 Å². The molecule has 19 heavy (non-hydrogen) atoms. The Morgan fingerprint density at radius 1 is 1.32 bits per heavy atom. The lowest BCUT2D eigenvalue weighted by molar-refractivity contribution is -0.142. The van der Waals surface area contributed by atoms with Gasteiger partial charge in [-0.3, -0.25) is 4.79 Å². The van der Waals surface area contributed by atoms with Crippen molar-refractivity contribution >= 4 is 12.0 Å². The van der Waals surface area contributed by atoms with Gasteiger partial charge in [0.15, 0.2) is 0 Å². The summed E-state index contributed by atoms with van der Waals surface area (Å²) in [5, 5.41) is 0. The third-order valence-electron chi connectivity index (χ3n) is 3.33. The van der Waals surface area contributed by atoms with Gasteiger partial charge in [0.05, 0.1) is 20.1 Å². The molecule has 0 atom stereocenters. The van der Waals surface area contributed by atoms with Crippen LogP contribution < -0.4 is 4.74 Å². The maximum absolute atomic E-state index is 11.6. The standard InChI is InChI=1S/C16H20O3/c1-3-19-16(17)10-12-5-4-6-13-11-15(18-2)8-7-14(13)9-12/h7-9,11H,3-6,10H2,1-2H3. The van der Waals surface area contributed by atoms with Crippen molar-refractivity contribution in [3.05, 3.63) is 34.9 Å². The summed E-state index contributed by atoms with van der Waals surface area (Å²) in [6.07, 6.45) is 5.56. The average Bonchev–Trinajstić information content (AvgIpc) is 2.59. The lowest BCUT2D eigenvalue weighted by Crippen LogP contribution is -2.04. The number of carbonyl (C=O) groups is 1. The molecule has 0 N–H and O–H groups in total. The van der Waals surface area contributed by atoms with E-state index in [2.05, 4.69) is 18.2 Å². The van der Waals surface area contributed by atoms with Crippen molar-refractivity contribution in [2.24, 2.45) is 0 Å². The molecule has 0 bridgehead atoms. The van der Waals surface area contributed by atoms with Crippen molar-refractivity contribution in [1.29, 1.82) is 0 Å². The van der Waals surface area contributed by atoms with E-state index in [1.54, 1.807) is 7.11 Å². The number of methoxy groups -OCH3 is 1. The fraction of sp³-hybridized carbons (Fsp3) is 0.438. The zero-order chi connectivity index (χ0) is 13.7. The number of esters is 1. The molecule has 1 aromatic rings. The summed E-state index contributed by atoms with van der Waals surface area (Å²) in [6.45, 7) is 2.28. The molecule has 0 amide bonds. The number of benzene rings is 1. The van der Waals surface area contributed by atoms with Crippen molar-refractivity contribution in [2.75, 3.05) is 13.7 Å². The molecule has 0 spiro atoms. The number of hydrogen-bond acceptors (Lipinski definition) is 3. The molecule has 0 saturated heterocycles. The first-order chi connectivity index (χ1) is 9.22. The zero-order valence-electron chi connectivity index (χ0n) is 11.6. The second kappa shape index (κ2) is 6.41. The third kappa shape index (κ3) is 3.60. The Morgan fingerprint density at radius 2 is 2.16 bits per heavy atom. The first kappa shape index (κ1) is 13.7. The van der Waals surface area contributed by atoms with Crippen LogP contribution in [0.4, 0.5) is 0 Å². The summed E-state index contributed by atoms with van der Waals surface area (Å²) in [5.41, 5.74) is 3.64. The quantitative estimate of drug-likeness (QED) is 0.779. The number of ether oxygens (including phenoxy) is 2. The highest BCUT2D eigenvalue weighted by molar-refractivity contribution is 5.75. The lowest BCUT2D eigenvalue weighted by atomic mass is 10.0. The topological polar surface area (TPSA) is 35.5 Å². The minimum absolute atomic E-state index is 0.134. The summed E-state index contributed by atoms with van der Waals surface area (Å²) in [7, 11) is 1.68. The Kier molecular flexibility index (Phi) is 4.61. The smallest absolute Gasteiger partial charge is 0.309 e. The highest BCUT2D eigenvalue weighted by Gasteiger charge is 2.13. The predicted octanol–water partition coefficient (Wildman–Crippen LogP) is 3.37. The van der Waals surface area contributed by atoms with Crippen molar-refractivity contribution in [3.63, 3.8) is 0 Å². The lowest BCUT2D eigenvalue weighted by Gasteiger charge is -2.06. The molecule has 0 fully saturated rings. The summed E-state index contributed by atoms with van der Waals surface area (Å²) >= 11 is 0. The van der Waals surface area contributed by atoms with Gasteiger partial charge in [-0.25, -0.2) is 0 Å². The van der Waals surface area contributed by atoms with E-state index in [-0.39, 0.29) is 5.97 Å². The van der Waals surface area contributed by atoms with Gasteiger partial charge in [-0.15, -0.1) is 0 Å². The van der Waals surface area contributed by atoms with E-state index in [9.17, 15) is 4.79 Å². The van der Waals surface area contributed by atoms with Gasteiger partial charge in [0.1, 0.15) is 5.75 Å². The number of carbonyl (C=O) groups excluding carboxylic acids is 1. The van der Waals surface area contributed by atoms with Crippen molar-refractivity contribution in [1.82, 2.24) is 0 Å². The molecule has 102 valence electrons. The second-order valence-electron chi connectivity index (χ2n) is 4.70. The van der Waals surface area contributed by atoms with E-state index < -0.39 is 0 Å². The normalized spacial score (nSPS) is 14.1. The Balaban J connectivity index is 2.18. The van der Waals surface area contributed by atoms with Crippen molar-refractivity contribution < 1.29 is 14.3 Å². The summed E-state index contributed by atoms with van der Waals surface area (Å²) in [4.78, 5) is 11.6. The van der Waals surface area contributed by atoms with Crippen LogP contribution in [0, 0.1) is 0 Å². The van der Waals surface area contributed by atoms with Crippen molar-refractivity contribution in [2.45, 2.75) is 32.6 Å². The van der Waals surface area contributed by atoms with Gasteiger partial charge >= 0.3 is 5.97 Å². The number of aryl methyl sites for hydroxylation is 1. The molecule has 0 aliphatic heterocycles. The molecule has 1 aromatic carbocycles. The summed E-state index contributed by atoms with van der Waals surface area (Å²) in [5.74, 6) is 0.756. The minimum Gasteiger partial charge on any atom is -0.497 e. The summed E-state index contributed by atoms with van der Waals surface area (Å²) in [6, 6.07) is 6.10. The van der Waals surface area contributed by atoms with Crippen LogP contribution in [0.1, 0.15) is 37.3 Å². The Bertz CT molecular complexity index is 489. The average molecular weight is 260 g/mol. The molecule has 0 heterocycles. The maximum atomic E-state index is 11.6. The largest absolute Gasteiger partial charge is 0.497 e. The molecule has 2 rings (SSSR count). The molecular weight excluding hydrogens is 240 g/mol. The van der Waals surface area contributed by atoms with Crippen LogP contribution in [0.5, 0.6) is 5.75 Å². The van der Waals surface area contributed by atoms with Crippen LogP contribution in [0.3, 0.4) is 0 Å². The molecular formula is C16H20O3. The van der Waals surface area contributed by atoms with Crippen LogP contribution >= 0.6 is 0 Å². The molecule has 0 radical (unpaired) electrons. The van der Waals surface area contributed by atoms with E-state index in [1.807, 2.05) is 13.0 Å². The van der Waals surface area contributed by atoms with Gasteiger partial charge in [0.2, 0.25) is 0 Å². The fourth-order valence-corrected chi connectivity index (χ4v) is 2.40. The number of fused-ring (bicyclic) bond motifs is 1. The minimum atomic E-state index is -0.134. The van der Waals surface area contributed by atoms with E-state index >= 15 is 0 Å². The Labute approximate surface area is 114 Å². The fourth-order valence-electron chi connectivity index (χ4n) is 2.40. The SMILES string of the molecule is CCOC(=O)CC1=Cc2ccc(OC)cc2CCC1. The summed E-state index contributed by atoms with van der Waals surface area (Å²) < 4.78 is 10.3. The van der Waals surface area contributed by atoms with E-state index in [0.29, 0.717) is 13.0 Å². The highest BCUT2D eigenvalue weighted by atomic mass is 16.5. The monoisotopic (exact) mass is 260 g/mol. The molecule has 3 heteroatoms. The molecule has 0 aromatic heterocycles. The van der Waals surface area contributed by atoms with E-state index in [0.717, 1.165) is 30.6 Å².